The maximum atomic E-state index is 9.08. The number of nitrogens with zero attached hydrogens (tertiary/aromatic N) is 3. The van der Waals surface area contributed by atoms with Gasteiger partial charge in [-0.15, -0.1) is 0 Å². The van der Waals surface area contributed by atoms with Crippen LogP contribution in [0.2, 0.25) is 0 Å². The molecule has 0 aliphatic heterocycles. The minimum atomic E-state index is 0.540. The molecule has 21 heavy (non-hydrogen) atoms. The van der Waals surface area contributed by atoms with Crippen LogP contribution in [-0.4, -0.2) is 21.6 Å². The molecule has 3 aromatic rings. The molecule has 0 fully saturated rings. The van der Waals surface area contributed by atoms with Crippen LogP contribution >= 0.6 is 11.8 Å². The standard InChI is InChI=1S/C15H12N4OS/c1-2-20-11-5-6-12-13(8-11)19-15(18-12)21-14-10(9-16)4-3-7-17-14/h3-8H,2H2,1H3,(H,18,19). The minimum absolute atomic E-state index is 0.540. The molecule has 0 amide bonds. The lowest BCUT2D eigenvalue weighted by molar-refractivity contribution is 0.340. The summed E-state index contributed by atoms with van der Waals surface area (Å²) in [5.74, 6) is 0.806. The van der Waals surface area contributed by atoms with E-state index in [1.807, 2.05) is 25.1 Å². The van der Waals surface area contributed by atoms with Crippen LogP contribution < -0.4 is 4.74 Å². The Morgan fingerprint density at radius 1 is 1.38 bits per heavy atom. The van der Waals surface area contributed by atoms with Crippen molar-refractivity contribution < 1.29 is 4.74 Å². The molecule has 0 unspecified atom stereocenters. The summed E-state index contributed by atoms with van der Waals surface area (Å²) >= 11 is 1.34. The first-order valence-electron chi connectivity index (χ1n) is 6.45. The molecule has 1 aromatic carbocycles. The van der Waals surface area contributed by atoms with Crippen LogP contribution in [0.5, 0.6) is 5.75 Å². The van der Waals surface area contributed by atoms with Crippen molar-refractivity contribution in [1.29, 1.82) is 5.26 Å². The Bertz CT molecular complexity index is 822. The second kappa shape index (κ2) is 5.85. The van der Waals surface area contributed by atoms with Gasteiger partial charge in [0.05, 0.1) is 23.2 Å². The molecule has 5 nitrogen and oxygen atoms in total. The van der Waals surface area contributed by atoms with Crippen molar-refractivity contribution in [2.24, 2.45) is 0 Å². The van der Waals surface area contributed by atoms with E-state index in [1.165, 1.54) is 11.8 Å². The van der Waals surface area contributed by atoms with Crippen molar-refractivity contribution in [1.82, 2.24) is 15.0 Å². The summed E-state index contributed by atoms with van der Waals surface area (Å²) in [4.78, 5) is 11.9. The number of aromatic amines is 1. The number of nitriles is 1. The molecule has 0 spiro atoms. The van der Waals surface area contributed by atoms with Crippen molar-refractivity contribution in [2.45, 2.75) is 17.1 Å². The van der Waals surface area contributed by atoms with Crippen LogP contribution in [0.3, 0.4) is 0 Å². The van der Waals surface area contributed by atoms with Gasteiger partial charge in [-0.05, 0) is 43.0 Å². The molecule has 0 aliphatic rings. The molecule has 6 heteroatoms. The molecule has 104 valence electrons. The lowest BCUT2D eigenvalue weighted by Crippen LogP contribution is -1.90. The highest BCUT2D eigenvalue weighted by molar-refractivity contribution is 7.99. The van der Waals surface area contributed by atoms with Crippen molar-refractivity contribution in [2.75, 3.05) is 6.61 Å². The van der Waals surface area contributed by atoms with Gasteiger partial charge in [0.2, 0.25) is 0 Å². The van der Waals surface area contributed by atoms with Crippen LogP contribution in [0.1, 0.15) is 12.5 Å². The van der Waals surface area contributed by atoms with Gasteiger partial charge in [-0.3, -0.25) is 0 Å². The molecule has 0 radical (unpaired) electrons. The second-order valence-electron chi connectivity index (χ2n) is 4.22. The van der Waals surface area contributed by atoms with E-state index in [1.54, 1.807) is 18.3 Å². The number of ether oxygens (including phenoxy) is 1. The predicted octanol–water partition coefficient (Wildman–Crippen LogP) is 3.38. The predicted molar refractivity (Wildman–Crippen MR) is 80.3 cm³/mol. The molecule has 0 atom stereocenters. The number of benzene rings is 1. The zero-order valence-electron chi connectivity index (χ0n) is 11.3. The fourth-order valence-electron chi connectivity index (χ4n) is 1.92. The van der Waals surface area contributed by atoms with Crippen molar-refractivity contribution in [3.05, 3.63) is 42.1 Å². The highest BCUT2D eigenvalue weighted by Gasteiger charge is 2.09. The number of fused-ring (bicyclic) bond motifs is 1. The average Bonchev–Trinajstić information content (AvgIpc) is 2.89. The van der Waals surface area contributed by atoms with Crippen molar-refractivity contribution >= 4 is 22.8 Å². The van der Waals surface area contributed by atoms with Crippen LogP contribution in [0.25, 0.3) is 11.0 Å². The van der Waals surface area contributed by atoms with Gasteiger partial charge in [0.25, 0.3) is 0 Å². The van der Waals surface area contributed by atoms with E-state index in [0.29, 0.717) is 22.4 Å². The van der Waals surface area contributed by atoms with E-state index in [9.17, 15) is 0 Å². The number of pyridine rings is 1. The number of imidazole rings is 1. The molecule has 0 saturated heterocycles. The first kappa shape index (κ1) is 13.5. The van der Waals surface area contributed by atoms with E-state index in [2.05, 4.69) is 21.0 Å². The Balaban J connectivity index is 1.93. The molecule has 2 aromatic heterocycles. The monoisotopic (exact) mass is 296 g/mol. The lowest BCUT2D eigenvalue weighted by atomic mass is 10.3. The maximum absolute atomic E-state index is 9.08. The third kappa shape index (κ3) is 2.83. The van der Waals surface area contributed by atoms with E-state index < -0.39 is 0 Å². The van der Waals surface area contributed by atoms with E-state index in [-0.39, 0.29) is 0 Å². The van der Waals surface area contributed by atoms with Gasteiger partial charge in [0.15, 0.2) is 5.16 Å². The number of nitrogens with one attached hydrogen (secondary N) is 1. The quantitative estimate of drug-likeness (QED) is 0.799. The molecular formula is C15H12N4OS. The fraction of sp³-hybridized carbons (Fsp3) is 0.133. The van der Waals surface area contributed by atoms with Gasteiger partial charge in [-0.25, -0.2) is 9.97 Å². The summed E-state index contributed by atoms with van der Waals surface area (Å²) in [7, 11) is 0. The number of hydrogen-bond acceptors (Lipinski definition) is 5. The Morgan fingerprint density at radius 2 is 2.29 bits per heavy atom. The SMILES string of the molecule is CCOc1ccc2nc(Sc3ncccc3C#N)[nH]c2c1. The molecule has 0 bridgehead atoms. The summed E-state index contributed by atoms with van der Waals surface area (Å²) in [6.07, 6.45) is 1.67. The van der Waals surface area contributed by atoms with E-state index >= 15 is 0 Å². The molecule has 2 heterocycles. The van der Waals surface area contributed by atoms with Gasteiger partial charge in [0, 0.05) is 12.3 Å². The topological polar surface area (TPSA) is 74.6 Å². The average molecular weight is 296 g/mol. The first-order valence-corrected chi connectivity index (χ1v) is 7.27. The largest absolute Gasteiger partial charge is 0.494 e. The van der Waals surface area contributed by atoms with Crippen LogP contribution in [0.4, 0.5) is 0 Å². The second-order valence-corrected chi connectivity index (χ2v) is 5.20. The number of rotatable bonds is 4. The molecule has 0 saturated carbocycles. The van der Waals surface area contributed by atoms with Gasteiger partial charge in [0.1, 0.15) is 16.8 Å². The van der Waals surface area contributed by atoms with Gasteiger partial charge in [-0.2, -0.15) is 5.26 Å². The van der Waals surface area contributed by atoms with Gasteiger partial charge >= 0.3 is 0 Å². The van der Waals surface area contributed by atoms with E-state index in [4.69, 9.17) is 10.00 Å². The molecule has 1 N–H and O–H groups in total. The van der Waals surface area contributed by atoms with Gasteiger partial charge < -0.3 is 9.72 Å². The van der Waals surface area contributed by atoms with Gasteiger partial charge in [-0.1, -0.05) is 0 Å². The molecule has 3 rings (SSSR count). The summed E-state index contributed by atoms with van der Waals surface area (Å²) in [5.41, 5.74) is 2.30. The summed E-state index contributed by atoms with van der Waals surface area (Å²) in [6, 6.07) is 11.3. The summed E-state index contributed by atoms with van der Waals surface area (Å²) in [6.45, 7) is 2.57. The summed E-state index contributed by atoms with van der Waals surface area (Å²) in [5, 5.41) is 10.4. The zero-order valence-corrected chi connectivity index (χ0v) is 12.1. The maximum Gasteiger partial charge on any atom is 0.172 e. The third-order valence-electron chi connectivity index (χ3n) is 2.83. The molecule has 0 aliphatic carbocycles. The Labute approximate surface area is 126 Å². The van der Waals surface area contributed by atoms with Crippen LogP contribution in [-0.2, 0) is 0 Å². The minimum Gasteiger partial charge on any atom is -0.494 e. The Morgan fingerprint density at radius 3 is 3.10 bits per heavy atom. The van der Waals surface area contributed by atoms with Crippen LogP contribution in [0.15, 0.2) is 46.7 Å². The highest BCUT2D eigenvalue weighted by Crippen LogP contribution is 2.29. The normalized spacial score (nSPS) is 10.5. The van der Waals surface area contributed by atoms with Crippen molar-refractivity contribution in [3.8, 4) is 11.8 Å². The first-order chi connectivity index (χ1) is 10.3. The Kier molecular flexibility index (Phi) is 3.75. The Hall–Kier alpha value is -2.52. The lowest BCUT2D eigenvalue weighted by Gasteiger charge is -2.00. The number of hydrogen-bond donors (Lipinski definition) is 1. The smallest absolute Gasteiger partial charge is 0.172 e. The summed E-state index contributed by atoms with van der Waals surface area (Å²) < 4.78 is 5.47. The van der Waals surface area contributed by atoms with Crippen molar-refractivity contribution in [3.63, 3.8) is 0 Å². The number of aromatic nitrogens is 3. The third-order valence-corrected chi connectivity index (χ3v) is 3.73. The number of H-pyrrole nitrogens is 1. The highest BCUT2D eigenvalue weighted by atomic mass is 32.2. The zero-order chi connectivity index (χ0) is 14.7. The van der Waals surface area contributed by atoms with E-state index in [0.717, 1.165) is 16.8 Å². The van der Waals surface area contributed by atoms with Crippen LogP contribution in [0, 0.1) is 11.3 Å². The fourth-order valence-corrected chi connectivity index (χ4v) is 2.74. The molecular weight excluding hydrogens is 284 g/mol.